The number of hydrogen-bond donors (Lipinski definition) is 1. The standard InChI is InChI=1S/C15H22Cl3N/c1-14(2,3)9-15(4,5)19-8-10-11(16)6-7-12(17)13(10)18/h6-7,19H,8-9H2,1-5H3. The van der Waals surface area contributed by atoms with Crippen LogP contribution in [-0.4, -0.2) is 5.54 Å². The number of hydrogen-bond acceptors (Lipinski definition) is 1. The zero-order valence-electron chi connectivity index (χ0n) is 12.2. The minimum Gasteiger partial charge on any atom is -0.308 e. The minimum atomic E-state index is 0.00717. The van der Waals surface area contributed by atoms with E-state index in [0.29, 0.717) is 21.6 Å². The van der Waals surface area contributed by atoms with Gasteiger partial charge in [-0.1, -0.05) is 55.6 Å². The minimum absolute atomic E-state index is 0.00717. The summed E-state index contributed by atoms with van der Waals surface area (Å²) in [4.78, 5) is 0. The molecule has 0 aromatic heterocycles. The molecule has 0 aliphatic rings. The Labute approximate surface area is 131 Å². The van der Waals surface area contributed by atoms with Gasteiger partial charge in [0.2, 0.25) is 0 Å². The van der Waals surface area contributed by atoms with Crippen LogP contribution in [0.3, 0.4) is 0 Å². The van der Waals surface area contributed by atoms with Crippen molar-refractivity contribution in [3.63, 3.8) is 0 Å². The van der Waals surface area contributed by atoms with E-state index in [1.165, 1.54) is 0 Å². The zero-order chi connectivity index (χ0) is 14.8. The van der Waals surface area contributed by atoms with E-state index in [9.17, 15) is 0 Å². The zero-order valence-corrected chi connectivity index (χ0v) is 14.5. The van der Waals surface area contributed by atoms with Gasteiger partial charge in [-0.3, -0.25) is 0 Å². The molecule has 108 valence electrons. The fourth-order valence-electron chi connectivity index (χ4n) is 2.45. The lowest BCUT2D eigenvalue weighted by molar-refractivity contribution is 0.241. The molecule has 1 nitrogen and oxygen atoms in total. The van der Waals surface area contributed by atoms with E-state index in [1.54, 1.807) is 12.1 Å². The molecule has 0 saturated heterocycles. The topological polar surface area (TPSA) is 12.0 Å². The van der Waals surface area contributed by atoms with E-state index < -0.39 is 0 Å². The van der Waals surface area contributed by atoms with Gasteiger partial charge in [-0.25, -0.2) is 0 Å². The highest BCUT2D eigenvalue weighted by Crippen LogP contribution is 2.32. The first-order chi connectivity index (χ1) is 8.52. The molecule has 0 aliphatic heterocycles. The van der Waals surface area contributed by atoms with Crippen molar-refractivity contribution in [3.8, 4) is 0 Å². The summed E-state index contributed by atoms with van der Waals surface area (Å²) in [6.07, 6.45) is 1.05. The van der Waals surface area contributed by atoms with E-state index in [4.69, 9.17) is 34.8 Å². The van der Waals surface area contributed by atoms with Crippen molar-refractivity contribution in [3.05, 3.63) is 32.8 Å². The van der Waals surface area contributed by atoms with Gasteiger partial charge in [0.1, 0.15) is 0 Å². The first-order valence-electron chi connectivity index (χ1n) is 6.39. The molecule has 0 saturated carbocycles. The predicted molar refractivity (Wildman–Crippen MR) is 86.5 cm³/mol. The molecule has 1 N–H and O–H groups in total. The van der Waals surface area contributed by atoms with Crippen molar-refractivity contribution in [2.24, 2.45) is 5.41 Å². The molecule has 4 heteroatoms. The molecule has 1 aromatic carbocycles. The summed E-state index contributed by atoms with van der Waals surface area (Å²) in [5, 5.41) is 5.23. The molecule has 0 radical (unpaired) electrons. The van der Waals surface area contributed by atoms with Gasteiger partial charge in [-0.2, -0.15) is 0 Å². The van der Waals surface area contributed by atoms with Gasteiger partial charge in [0.05, 0.1) is 10.0 Å². The number of nitrogens with one attached hydrogen (secondary N) is 1. The summed E-state index contributed by atoms with van der Waals surface area (Å²) in [6, 6.07) is 3.50. The van der Waals surface area contributed by atoms with E-state index in [-0.39, 0.29) is 11.0 Å². The molecule has 0 bridgehead atoms. The smallest absolute Gasteiger partial charge is 0.0652 e. The van der Waals surface area contributed by atoms with Crippen LogP contribution in [0.25, 0.3) is 0 Å². The van der Waals surface area contributed by atoms with E-state index in [1.807, 2.05) is 0 Å². The molecule has 0 unspecified atom stereocenters. The molecule has 0 aliphatic carbocycles. The maximum absolute atomic E-state index is 6.20. The molecule has 1 rings (SSSR count). The average molecular weight is 323 g/mol. The number of halogens is 3. The Bertz CT molecular complexity index is 447. The van der Waals surface area contributed by atoms with Crippen LogP contribution in [0.5, 0.6) is 0 Å². The van der Waals surface area contributed by atoms with Gasteiger partial charge in [-0.15, -0.1) is 0 Å². The van der Waals surface area contributed by atoms with Gasteiger partial charge >= 0.3 is 0 Å². The van der Waals surface area contributed by atoms with Crippen LogP contribution >= 0.6 is 34.8 Å². The summed E-state index contributed by atoms with van der Waals surface area (Å²) in [7, 11) is 0. The Morgan fingerprint density at radius 3 is 2.00 bits per heavy atom. The molecule has 1 aromatic rings. The van der Waals surface area contributed by atoms with Gasteiger partial charge in [0, 0.05) is 22.7 Å². The molecular formula is C15H22Cl3N. The van der Waals surface area contributed by atoms with E-state index >= 15 is 0 Å². The van der Waals surface area contributed by atoms with Crippen LogP contribution in [0.15, 0.2) is 12.1 Å². The second-order valence-electron chi connectivity index (χ2n) is 6.80. The number of rotatable bonds is 4. The van der Waals surface area contributed by atoms with E-state index in [2.05, 4.69) is 39.9 Å². The van der Waals surface area contributed by atoms with Crippen LogP contribution in [-0.2, 0) is 6.54 Å². The fourth-order valence-corrected chi connectivity index (χ4v) is 3.13. The highest BCUT2D eigenvalue weighted by molar-refractivity contribution is 6.44. The Hall–Kier alpha value is 0.0500. The quantitative estimate of drug-likeness (QED) is 0.675. The third-order valence-corrected chi connectivity index (χ3v) is 4.05. The molecule has 0 atom stereocenters. The molecule has 0 amide bonds. The van der Waals surface area contributed by atoms with Gasteiger partial charge in [-0.05, 0) is 37.8 Å². The largest absolute Gasteiger partial charge is 0.308 e. The highest BCUT2D eigenvalue weighted by Gasteiger charge is 2.25. The summed E-state index contributed by atoms with van der Waals surface area (Å²) in [5.74, 6) is 0. The third-order valence-electron chi connectivity index (χ3n) is 2.85. The Balaban J connectivity index is 2.80. The summed E-state index contributed by atoms with van der Waals surface area (Å²) < 4.78 is 0. The van der Waals surface area contributed by atoms with Crippen molar-refractivity contribution >= 4 is 34.8 Å². The second-order valence-corrected chi connectivity index (χ2v) is 7.99. The molecule has 0 fully saturated rings. The van der Waals surface area contributed by atoms with Gasteiger partial charge in [0.15, 0.2) is 0 Å². The average Bonchev–Trinajstić information content (AvgIpc) is 2.20. The van der Waals surface area contributed by atoms with Crippen molar-refractivity contribution in [2.75, 3.05) is 0 Å². The van der Waals surface area contributed by atoms with Crippen LogP contribution in [0.1, 0.15) is 46.6 Å². The first kappa shape index (κ1) is 17.1. The maximum Gasteiger partial charge on any atom is 0.0652 e. The summed E-state index contributed by atoms with van der Waals surface area (Å²) >= 11 is 18.4. The van der Waals surface area contributed by atoms with Crippen LogP contribution < -0.4 is 5.32 Å². The van der Waals surface area contributed by atoms with Crippen LogP contribution in [0.2, 0.25) is 15.1 Å². The van der Waals surface area contributed by atoms with Crippen molar-refractivity contribution in [1.82, 2.24) is 5.32 Å². The Morgan fingerprint density at radius 1 is 0.947 bits per heavy atom. The molecule has 0 heterocycles. The van der Waals surface area contributed by atoms with Crippen molar-refractivity contribution < 1.29 is 0 Å². The van der Waals surface area contributed by atoms with Crippen LogP contribution in [0, 0.1) is 5.41 Å². The maximum atomic E-state index is 6.20. The number of benzene rings is 1. The first-order valence-corrected chi connectivity index (χ1v) is 7.53. The third kappa shape index (κ3) is 5.51. The predicted octanol–water partition coefficient (Wildman–Crippen LogP) is 5.95. The van der Waals surface area contributed by atoms with Crippen molar-refractivity contribution in [2.45, 2.75) is 53.1 Å². The SMILES string of the molecule is CC(C)(C)CC(C)(C)NCc1c(Cl)ccc(Cl)c1Cl. The molecule has 0 spiro atoms. The van der Waals surface area contributed by atoms with Crippen LogP contribution in [0.4, 0.5) is 0 Å². The van der Waals surface area contributed by atoms with Gasteiger partial charge < -0.3 is 5.32 Å². The highest BCUT2D eigenvalue weighted by atomic mass is 35.5. The lowest BCUT2D eigenvalue weighted by Crippen LogP contribution is -2.41. The van der Waals surface area contributed by atoms with Crippen molar-refractivity contribution in [1.29, 1.82) is 0 Å². The molecular weight excluding hydrogens is 301 g/mol. The lowest BCUT2D eigenvalue weighted by atomic mass is 9.82. The Morgan fingerprint density at radius 2 is 1.47 bits per heavy atom. The monoisotopic (exact) mass is 321 g/mol. The molecule has 19 heavy (non-hydrogen) atoms. The fraction of sp³-hybridized carbons (Fsp3) is 0.600. The van der Waals surface area contributed by atoms with E-state index in [0.717, 1.165) is 12.0 Å². The van der Waals surface area contributed by atoms with Gasteiger partial charge in [0.25, 0.3) is 0 Å². The lowest BCUT2D eigenvalue weighted by Gasteiger charge is -2.33. The summed E-state index contributed by atoms with van der Waals surface area (Å²) in [5.41, 5.74) is 1.13. The second kappa shape index (κ2) is 6.22. The normalized spacial score (nSPS) is 12.8. The Kier molecular flexibility index (Phi) is 5.60. The summed E-state index contributed by atoms with van der Waals surface area (Å²) in [6.45, 7) is 11.7.